The van der Waals surface area contributed by atoms with Crippen LogP contribution in [0.15, 0.2) is 22.7 Å². The lowest BCUT2D eigenvalue weighted by atomic mass is 9.99. The van der Waals surface area contributed by atoms with Crippen molar-refractivity contribution in [3.05, 3.63) is 34.1 Å². The maximum Gasteiger partial charge on any atom is 0.407 e. The minimum absolute atomic E-state index is 0.226. The monoisotopic (exact) mass is 346 g/mol. The highest BCUT2D eigenvalue weighted by Crippen LogP contribution is 2.22. The van der Waals surface area contributed by atoms with Gasteiger partial charge in [0.2, 0.25) is 0 Å². The lowest BCUT2D eigenvalue weighted by Gasteiger charge is -2.22. The number of benzene rings is 1. The van der Waals surface area contributed by atoms with Crippen LogP contribution in [-0.4, -0.2) is 24.8 Å². The van der Waals surface area contributed by atoms with E-state index in [1.54, 1.807) is 32.9 Å². The third-order valence-corrected chi connectivity index (χ3v) is 3.07. The number of carbonyl (C=O) groups excluding carboxylic acids is 1. The molecule has 0 saturated heterocycles. The average molecular weight is 347 g/mol. The molecule has 1 rings (SSSR count). The molecule has 0 saturated carbocycles. The van der Waals surface area contributed by atoms with E-state index in [4.69, 9.17) is 10.5 Å². The largest absolute Gasteiger partial charge is 0.444 e. The Kier molecular flexibility index (Phi) is 5.95. The number of ether oxygens (including phenoxy) is 1. The molecule has 0 bridgehead atoms. The molecule has 20 heavy (non-hydrogen) atoms. The Bertz CT molecular complexity index is 475. The average Bonchev–Trinajstić information content (AvgIpc) is 2.29. The van der Waals surface area contributed by atoms with Gasteiger partial charge in [0.05, 0.1) is 0 Å². The first-order chi connectivity index (χ1) is 9.23. The minimum atomic E-state index is -0.564. The molecule has 0 heterocycles. The molecule has 1 unspecified atom stereocenters. The summed E-state index contributed by atoms with van der Waals surface area (Å²) in [7, 11) is 0. The first-order valence-electron chi connectivity index (χ1n) is 6.35. The number of hydrogen-bond donors (Lipinski definition) is 2. The number of alkyl carbamates (subject to hydrolysis) is 1. The van der Waals surface area contributed by atoms with E-state index in [1.807, 2.05) is 0 Å². The Hall–Kier alpha value is -1.14. The van der Waals surface area contributed by atoms with E-state index in [1.165, 1.54) is 6.07 Å². The fraction of sp³-hybridized carbons (Fsp3) is 0.500. The first-order valence-corrected chi connectivity index (χ1v) is 7.14. The molecule has 0 spiro atoms. The maximum atomic E-state index is 13.9. The molecule has 1 atom stereocenters. The second-order valence-corrected chi connectivity index (χ2v) is 6.40. The number of amides is 1. The maximum absolute atomic E-state index is 13.9. The van der Waals surface area contributed by atoms with Crippen molar-refractivity contribution in [1.29, 1.82) is 0 Å². The van der Waals surface area contributed by atoms with Crippen molar-refractivity contribution in [3.8, 4) is 0 Å². The summed E-state index contributed by atoms with van der Waals surface area (Å²) in [5.41, 5.74) is 5.57. The molecule has 6 heteroatoms. The van der Waals surface area contributed by atoms with Gasteiger partial charge in [0.15, 0.2) is 0 Å². The standard InChI is InChI=1S/C14H20BrFN2O2/c1-14(2,3)20-13(19)18-8-9(7-17)11-5-4-10(15)6-12(11)16/h4-6,9H,7-8,17H2,1-3H3,(H,18,19). The van der Waals surface area contributed by atoms with Crippen molar-refractivity contribution in [1.82, 2.24) is 5.32 Å². The van der Waals surface area contributed by atoms with E-state index >= 15 is 0 Å². The minimum Gasteiger partial charge on any atom is -0.444 e. The zero-order valence-corrected chi connectivity index (χ0v) is 13.5. The first kappa shape index (κ1) is 16.9. The molecule has 1 aromatic carbocycles. The van der Waals surface area contributed by atoms with Gasteiger partial charge in [-0.25, -0.2) is 9.18 Å². The lowest BCUT2D eigenvalue weighted by molar-refractivity contribution is 0.0524. The summed E-state index contributed by atoms with van der Waals surface area (Å²) >= 11 is 3.20. The number of carbonyl (C=O) groups is 1. The lowest BCUT2D eigenvalue weighted by Crippen LogP contribution is -2.36. The molecular weight excluding hydrogens is 327 g/mol. The molecule has 0 aliphatic rings. The zero-order valence-electron chi connectivity index (χ0n) is 11.9. The van der Waals surface area contributed by atoms with Gasteiger partial charge in [-0.05, 0) is 38.5 Å². The van der Waals surface area contributed by atoms with Crippen LogP contribution >= 0.6 is 15.9 Å². The SMILES string of the molecule is CC(C)(C)OC(=O)NCC(CN)c1ccc(Br)cc1F. The highest BCUT2D eigenvalue weighted by Gasteiger charge is 2.19. The van der Waals surface area contributed by atoms with Crippen LogP contribution in [0.4, 0.5) is 9.18 Å². The summed E-state index contributed by atoms with van der Waals surface area (Å²) < 4.78 is 19.6. The quantitative estimate of drug-likeness (QED) is 0.879. The number of nitrogens with two attached hydrogens (primary N) is 1. The van der Waals surface area contributed by atoms with E-state index < -0.39 is 11.7 Å². The van der Waals surface area contributed by atoms with Gasteiger partial charge >= 0.3 is 6.09 Å². The molecule has 1 aromatic rings. The fourth-order valence-electron chi connectivity index (χ4n) is 1.67. The predicted molar refractivity (Wildman–Crippen MR) is 80.1 cm³/mol. The van der Waals surface area contributed by atoms with Gasteiger partial charge in [-0.1, -0.05) is 22.0 Å². The van der Waals surface area contributed by atoms with Crippen LogP contribution in [0, 0.1) is 5.82 Å². The molecule has 0 fully saturated rings. The van der Waals surface area contributed by atoms with Crippen molar-refractivity contribution in [3.63, 3.8) is 0 Å². The molecule has 3 N–H and O–H groups in total. The van der Waals surface area contributed by atoms with E-state index in [0.717, 1.165) is 0 Å². The third kappa shape index (κ3) is 5.46. The summed E-state index contributed by atoms with van der Waals surface area (Å²) in [6.07, 6.45) is -0.534. The Morgan fingerprint density at radius 2 is 2.15 bits per heavy atom. The van der Waals surface area contributed by atoms with E-state index in [9.17, 15) is 9.18 Å². The molecule has 0 aliphatic carbocycles. The van der Waals surface area contributed by atoms with Crippen molar-refractivity contribution in [2.45, 2.75) is 32.3 Å². The van der Waals surface area contributed by atoms with Crippen molar-refractivity contribution < 1.29 is 13.9 Å². The fourth-order valence-corrected chi connectivity index (χ4v) is 2.01. The molecule has 0 aliphatic heterocycles. The van der Waals surface area contributed by atoms with Crippen LogP contribution in [0.1, 0.15) is 32.3 Å². The van der Waals surface area contributed by atoms with Crippen LogP contribution in [-0.2, 0) is 4.74 Å². The second-order valence-electron chi connectivity index (χ2n) is 5.48. The van der Waals surface area contributed by atoms with Gasteiger partial charge in [-0.15, -0.1) is 0 Å². The van der Waals surface area contributed by atoms with Crippen LogP contribution in [0.2, 0.25) is 0 Å². The second kappa shape index (κ2) is 7.04. The predicted octanol–water partition coefficient (Wildman–Crippen LogP) is 3.16. The highest BCUT2D eigenvalue weighted by molar-refractivity contribution is 9.10. The molecule has 4 nitrogen and oxygen atoms in total. The number of hydrogen-bond acceptors (Lipinski definition) is 3. The van der Waals surface area contributed by atoms with Gasteiger partial charge in [-0.3, -0.25) is 0 Å². The van der Waals surface area contributed by atoms with Gasteiger partial charge in [0.1, 0.15) is 11.4 Å². The highest BCUT2D eigenvalue weighted by atomic mass is 79.9. The Morgan fingerprint density at radius 3 is 2.65 bits per heavy atom. The van der Waals surface area contributed by atoms with Crippen LogP contribution in [0.25, 0.3) is 0 Å². The van der Waals surface area contributed by atoms with Gasteiger partial charge in [0.25, 0.3) is 0 Å². The number of halogens is 2. The Morgan fingerprint density at radius 1 is 1.50 bits per heavy atom. The van der Waals surface area contributed by atoms with Crippen LogP contribution in [0.3, 0.4) is 0 Å². The summed E-state index contributed by atoms with van der Waals surface area (Å²) in [6, 6.07) is 4.79. The van der Waals surface area contributed by atoms with E-state index in [0.29, 0.717) is 10.0 Å². The summed E-state index contributed by atoms with van der Waals surface area (Å²) in [4.78, 5) is 11.6. The third-order valence-electron chi connectivity index (χ3n) is 2.58. The molecule has 0 radical (unpaired) electrons. The van der Waals surface area contributed by atoms with Crippen molar-refractivity contribution >= 4 is 22.0 Å². The summed E-state index contributed by atoms with van der Waals surface area (Å²) in [5, 5.41) is 2.61. The topological polar surface area (TPSA) is 64.3 Å². The van der Waals surface area contributed by atoms with Crippen LogP contribution < -0.4 is 11.1 Å². The summed E-state index contributed by atoms with van der Waals surface area (Å²) in [5.74, 6) is -0.642. The summed E-state index contributed by atoms with van der Waals surface area (Å²) in [6.45, 7) is 5.79. The van der Waals surface area contributed by atoms with E-state index in [2.05, 4.69) is 21.2 Å². The Balaban J connectivity index is 2.66. The van der Waals surface area contributed by atoms with Gasteiger partial charge in [-0.2, -0.15) is 0 Å². The van der Waals surface area contributed by atoms with Crippen molar-refractivity contribution in [2.24, 2.45) is 5.73 Å². The zero-order chi connectivity index (χ0) is 15.3. The molecule has 112 valence electrons. The number of nitrogens with one attached hydrogen (secondary N) is 1. The normalized spacial score (nSPS) is 12.9. The van der Waals surface area contributed by atoms with Crippen LogP contribution in [0.5, 0.6) is 0 Å². The molecule has 1 amide bonds. The smallest absolute Gasteiger partial charge is 0.407 e. The van der Waals surface area contributed by atoms with Gasteiger partial charge in [0, 0.05) is 23.5 Å². The number of rotatable bonds is 4. The van der Waals surface area contributed by atoms with E-state index in [-0.39, 0.29) is 24.8 Å². The van der Waals surface area contributed by atoms with Gasteiger partial charge < -0.3 is 15.8 Å². The van der Waals surface area contributed by atoms with Crippen molar-refractivity contribution in [2.75, 3.05) is 13.1 Å². The molecular formula is C14H20BrFN2O2. The Labute approximate surface area is 127 Å². The molecule has 0 aromatic heterocycles.